The molecular weight excluding hydrogens is 214 g/mol. The molecule has 0 unspecified atom stereocenters. The highest BCUT2D eigenvalue weighted by Gasteiger charge is 2.13. The lowest BCUT2D eigenvalue weighted by atomic mass is 10.3. The van der Waals surface area contributed by atoms with Gasteiger partial charge >= 0.3 is 0 Å². The van der Waals surface area contributed by atoms with Crippen molar-refractivity contribution in [2.45, 2.75) is 26.3 Å². The summed E-state index contributed by atoms with van der Waals surface area (Å²) < 4.78 is 3.69. The van der Waals surface area contributed by atoms with E-state index < -0.39 is 0 Å². The van der Waals surface area contributed by atoms with Gasteiger partial charge in [0.2, 0.25) is 0 Å². The third kappa shape index (κ3) is 2.96. The largest absolute Gasteiger partial charge is 0.853 e. The number of hydrogen-bond acceptors (Lipinski definition) is 2. The molecule has 5 heteroatoms. The lowest BCUT2D eigenvalue weighted by Gasteiger charge is -2.08. The maximum Gasteiger partial charge on any atom is 0.291 e. The summed E-state index contributed by atoms with van der Waals surface area (Å²) in [6.07, 6.45) is 5.90. The van der Waals surface area contributed by atoms with Crippen LogP contribution in [-0.4, -0.2) is 16.5 Å². The van der Waals surface area contributed by atoms with Gasteiger partial charge < -0.3 is 5.11 Å². The Hall–Kier alpha value is -1.03. The number of nitrogens with zero attached hydrogens (tertiary/aromatic N) is 3. The average Bonchev–Trinajstić information content (AvgIpc) is 2.57. The molecule has 0 fully saturated rings. The van der Waals surface area contributed by atoms with Crippen LogP contribution in [0.15, 0.2) is 17.4 Å². The average molecular weight is 230 g/mol. The Kier molecular flexibility index (Phi) is 4.62. The van der Waals surface area contributed by atoms with Gasteiger partial charge in [-0.25, -0.2) is 9.13 Å². The van der Waals surface area contributed by atoms with Crippen molar-refractivity contribution in [2.24, 2.45) is 12.0 Å². The molecule has 0 aliphatic rings. The fraction of sp³-hybridized carbons (Fsp3) is 0.600. The van der Waals surface area contributed by atoms with E-state index in [0.29, 0.717) is 5.82 Å². The van der Waals surface area contributed by atoms with Crippen molar-refractivity contribution in [1.29, 1.82) is 0 Å². The molecule has 0 aliphatic heterocycles. The second-order valence-electron chi connectivity index (χ2n) is 3.36. The third-order valence-corrected chi connectivity index (χ3v) is 2.34. The van der Waals surface area contributed by atoms with E-state index in [2.05, 4.69) is 11.9 Å². The van der Waals surface area contributed by atoms with E-state index in [0.717, 1.165) is 19.4 Å². The van der Waals surface area contributed by atoms with E-state index in [9.17, 15) is 5.11 Å². The molecule has 0 atom stereocenters. The van der Waals surface area contributed by atoms with Crippen LogP contribution >= 0.6 is 11.6 Å². The molecule has 0 amide bonds. The zero-order chi connectivity index (χ0) is 11.3. The molecule has 0 saturated heterocycles. The van der Waals surface area contributed by atoms with E-state index in [1.807, 2.05) is 24.0 Å². The van der Waals surface area contributed by atoms with Crippen molar-refractivity contribution in [2.75, 3.05) is 6.00 Å². The minimum Gasteiger partial charge on any atom is -0.853 e. The Morgan fingerprint density at radius 3 is 3.00 bits per heavy atom. The van der Waals surface area contributed by atoms with Gasteiger partial charge in [0.15, 0.2) is 0 Å². The number of aromatic nitrogens is 2. The van der Waals surface area contributed by atoms with Crippen molar-refractivity contribution in [3.05, 3.63) is 18.2 Å². The van der Waals surface area contributed by atoms with E-state index in [-0.39, 0.29) is 11.9 Å². The highest BCUT2D eigenvalue weighted by molar-refractivity contribution is 6.18. The molecule has 1 rings (SSSR count). The molecule has 84 valence electrons. The van der Waals surface area contributed by atoms with Crippen LogP contribution in [0.5, 0.6) is 0 Å². The SMILES string of the molecule is CCCCn1cc[n+](C)c1/C([O-])=N/CCl. The van der Waals surface area contributed by atoms with Crippen molar-refractivity contribution in [1.82, 2.24) is 4.57 Å². The third-order valence-electron chi connectivity index (χ3n) is 2.22. The smallest absolute Gasteiger partial charge is 0.291 e. The minimum absolute atomic E-state index is 0.0117. The van der Waals surface area contributed by atoms with E-state index in [1.165, 1.54) is 0 Å². The summed E-state index contributed by atoms with van der Waals surface area (Å²) in [4.78, 5) is 3.68. The summed E-state index contributed by atoms with van der Waals surface area (Å²) in [7, 11) is 1.83. The van der Waals surface area contributed by atoms with Gasteiger partial charge in [0.05, 0.1) is 19.5 Å². The number of imidazole rings is 1. The van der Waals surface area contributed by atoms with Gasteiger partial charge in [0, 0.05) is 0 Å². The molecule has 0 N–H and O–H groups in total. The quantitative estimate of drug-likeness (QED) is 0.237. The van der Waals surface area contributed by atoms with Crippen molar-refractivity contribution in [3.8, 4) is 0 Å². The number of unbranched alkanes of at least 4 members (excludes halogenated alkanes) is 1. The molecule has 0 saturated carbocycles. The first-order chi connectivity index (χ1) is 7.20. The van der Waals surface area contributed by atoms with Crippen molar-refractivity contribution in [3.63, 3.8) is 0 Å². The Balaban J connectivity index is 2.93. The summed E-state index contributed by atoms with van der Waals surface area (Å²) in [6, 6.07) is 0.0117. The summed E-state index contributed by atoms with van der Waals surface area (Å²) >= 11 is 5.42. The summed E-state index contributed by atoms with van der Waals surface area (Å²) in [5, 5.41) is 11.6. The topological polar surface area (TPSA) is 44.2 Å². The van der Waals surface area contributed by atoms with Gasteiger partial charge in [-0.2, -0.15) is 0 Å². The molecule has 15 heavy (non-hydrogen) atoms. The first-order valence-corrected chi connectivity index (χ1v) is 5.56. The molecule has 1 heterocycles. The van der Waals surface area contributed by atoms with E-state index >= 15 is 0 Å². The fourth-order valence-corrected chi connectivity index (χ4v) is 1.54. The summed E-state index contributed by atoms with van der Waals surface area (Å²) in [5.74, 6) is 0.331. The highest BCUT2D eigenvalue weighted by Crippen LogP contribution is 1.99. The van der Waals surface area contributed by atoms with Crippen LogP contribution in [0.4, 0.5) is 0 Å². The first kappa shape index (κ1) is 12.0. The van der Waals surface area contributed by atoms with Crippen molar-refractivity contribution < 1.29 is 9.67 Å². The standard InChI is InChI=1S/C10H16ClN3O/c1-3-4-5-14-7-6-13(2)10(14)9(15)12-8-11/h6-7H,3-5,8H2,1-2H3. The molecule has 0 radical (unpaired) electrons. The normalized spacial score (nSPS) is 12.1. The van der Waals surface area contributed by atoms with Gasteiger partial charge in [-0.15, -0.1) is 11.6 Å². The van der Waals surface area contributed by atoms with Crippen LogP contribution in [0.2, 0.25) is 0 Å². The number of alkyl halides is 1. The maximum absolute atomic E-state index is 11.6. The van der Waals surface area contributed by atoms with E-state index in [4.69, 9.17) is 11.6 Å². The second kappa shape index (κ2) is 5.75. The number of halogens is 1. The molecule has 0 bridgehead atoms. The molecule has 0 aliphatic carbocycles. The molecule has 0 aromatic carbocycles. The fourth-order valence-electron chi connectivity index (χ4n) is 1.43. The Labute approximate surface area is 94.8 Å². The van der Waals surface area contributed by atoms with Gasteiger partial charge in [-0.1, -0.05) is 13.3 Å². The van der Waals surface area contributed by atoms with Crippen LogP contribution < -0.4 is 9.67 Å². The molecule has 4 nitrogen and oxygen atoms in total. The monoisotopic (exact) mass is 229 g/mol. The Bertz CT molecular complexity index is 346. The zero-order valence-corrected chi connectivity index (χ0v) is 9.87. The lowest BCUT2D eigenvalue weighted by molar-refractivity contribution is -0.674. The lowest BCUT2D eigenvalue weighted by Crippen LogP contribution is -2.40. The molecule has 0 spiro atoms. The van der Waals surface area contributed by atoms with E-state index in [1.54, 1.807) is 4.57 Å². The number of aryl methyl sites for hydroxylation is 2. The Morgan fingerprint density at radius 1 is 1.67 bits per heavy atom. The predicted octanol–water partition coefficient (Wildman–Crippen LogP) is 0.416. The maximum atomic E-state index is 11.6. The van der Waals surface area contributed by atoms with Gasteiger partial charge in [-0.05, 0) is 6.42 Å². The zero-order valence-electron chi connectivity index (χ0n) is 9.11. The van der Waals surface area contributed by atoms with Gasteiger partial charge in [0.25, 0.3) is 5.82 Å². The highest BCUT2D eigenvalue weighted by atomic mass is 35.5. The summed E-state index contributed by atoms with van der Waals surface area (Å²) in [5.41, 5.74) is 0. The molecule has 1 aromatic heterocycles. The second-order valence-corrected chi connectivity index (χ2v) is 3.60. The minimum atomic E-state index is -0.256. The first-order valence-electron chi connectivity index (χ1n) is 5.03. The predicted molar refractivity (Wildman–Crippen MR) is 57.8 cm³/mol. The van der Waals surface area contributed by atoms with Crippen LogP contribution in [0.25, 0.3) is 0 Å². The van der Waals surface area contributed by atoms with Gasteiger partial charge in [-0.3, -0.25) is 4.99 Å². The van der Waals surface area contributed by atoms with Crippen LogP contribution in [-0.2, 0) is 13.6 Å². The Morgan fingerprint density at radius 2 is 2.40 bits per heavy atom. The van der Waals surface area contributed by atoms with Crippen LogP contribution in [0, 0.1) is 0 Å². The molecular formula is C10H16ClN3O. The number of hydrogen-bond donors (Lipinski definition) is 0. The van der Waals surface area contributed by atoms with Crippen molar-refractivity contribution >= 4 is 17.5 Å². The van der Waals surface area contributed by atoms with Gasteiger partial charge in [0.1, 0.15) is 18.4 Å². The van der Waals surface area contributed by atoms with Crippen LogP contribution in [0.3, 0.4) is 0 Å². The molecule has 1 aromatic rings. The number of aliphatic imine (C=N–C) groups is 1. The summed E-state index contributed by atoms with van der Waals surface area (Å²) in [6.45, 7) is 2.96. The van der Waals surface area contributed by atoms with Crippen LogP contribution in [0.1, 0.15) is 25.6 Å². The number of rotatable bonds is 5.